The van der Waals surface area contributed by atoms with E-state index in [9.17, 15) is 0 Å². The van der Waals surface area contributed by atoms with Crippen molar-refractivity contribution in [2.45, 2.75) is 544 Å². The Kier molecular flexibility index (Phi) is 30.1. The molecular weight excluding hydrogens is 1690 g/mol. The number of nitrogens with zero attached hydrogens (tertiary/aromatic N) is 21. The third kappa shape index (κ3) is 25.3. The smallest absolute Gasteiger partial charge is 0.232 e. The lowest BCUT2D eigenvalue weighted by molar-refractivity contribution is -0.266. The van der Waals surface area contributed by atoms with Gasteiger partial charge in [0.1, 0.15) is 0 Å². The van der Waals surface area contributed by atoms with Crippen molar-refractivity contribution in [3.8, 4) is 0 Å². The van der Waals surface area contributed by atoms with E-state index >= 15 is 0 Å². The molecule has 0 radical (unpaired) electrons. The Balaban J connectivity index is 1.13. The third-order valence-corrected chi connectivity index (χ3v) is 32.3. The molecular formula is C105H197N27O3. The molecule has 0 aromatic carbocycles. The first-order valence-electron chi connectivity index (χ1n) is 52.1. The van der Waals surface area contributed by atoms with Crippen LogP contribution in [0.3, 0.4) is 0 Å². The minimum atomic E-state index is -0.470. The zero-order valence-corrected chi connectivity index (χ0v) is 94.2. The summed E-state index contributed by atoms with van der Waals surface area (Å²) >= 11 is 0. The summed E-state index contributed by atoms with van der Waals surface area (Å²) in [4.78, 5) is 96.1. The van der Waals surface area contributed by atoms with Gasteiger partial charge in [0.25, 0.3) is 0 Å². The molecule has 3 aromatic heterocycles. The van der Waals surface area contributed by atoms with Crippen molar-refractivity contribution in [1.29, 1.82) is 0 Å². The molecule has 9 aliphatic rings. The molecule has 9 saturated heterocycles. The van der Waals surface area contributed by atoms with Crippen LogP contribution in [0.1, 0.15) is 384 Å². The van der Waals surface area contributed by atoms with E-state index in [1.807, 2.05) is 21.3 Å². The van der Waals surface area contributed by atoms with Gasteiger partial charge in [-0.3, -0.25) is 0 Å². The maximum Gasteiger partial charge on any atom is 0.232 e. The molecule has 0 aliphatic carbocycles. The van der Waals surface area contributed by atoms with Crippen LogP contribution < -0.4 is 76.0 Å². The van der Waals surface area contributed by atoms with Gasteiger partial charge in [-0.15, -0.1) is 0 Å². The number of hydroxylamine groups is 6. The van der Waals surface area contributed by atoms with Crippen LogP contribution >= 0.6 is 0 Å². The van der Waals surface area contributed by atoms with Crippen LogP contribution in [0.15, 0.2) is 0 Å². The SMILES string of the molecule is CON1C(C)(C)CC(N(CCCC(CCN(c2nc(N(C)C3CC(C)(C)NC(C)(C)C3)nc(N(C)C3CC(C)(C)NC(C)(C)C3)n2)C2CC(C)(C)N(OC)C(C)(C)C2)N(c2nc(N(C)C3CC(C)(C)NC(C)(C)C3)nc(N(C)C3CC(C)(C)NC(C)(C)C3)n2)C2CC(C)(C)N(OC)C(C)(C)C2)c2nc(N(C)C3CC(C)(C)NC(C)(C)C3)nc(N(C)C3CC(C)(C)NC(C)(C)C3)n2)CC1(C)C. The van der Waals surface area contributed by atoms with E-state index in [1.165, 1.54) is 0 Å². The fourth-order valence-electron chi connectivity index (χ4n) is 30.1. The van der Waals surface area contributed by atoms with E-state index in [0.717, 1.165) is 128 Å². The standard InChI is InChI=1S/C105H197N27O3/c1-88(2)51-70(52-89(3,4)115-88)121(37)79-106-80(122(38)71-53-90(5,6)116-91(7,8)54-71)110-85(109-79)127(76-63-100(25,26)130(133-43)101(27,28)64-76)49-46-47-69(129(78-67-104(33,34)132(135-45)105(35,36)68-78)87-113-83(125(41)74-59-96(17,18)119-97(19,20)60-74)108-84(114-87)126(42)75-61-98(21,22)120-99(23,24)62-75)48-50-128(77-65-102(29,30)131(134-44)103(31,32)66-77)86-111-81(123(39)72-55-92(9,10)117-93(11,12)56-72)107-82(112-86)124(40)73-57-94(13,14)118-95(15,16)58-73/h69-78,115-120H,46-68H2,1-45H3. The molecule has 135 heavy (non-hydrogen) atoms. The number of piperidine rings is 9. The van der Waals surface area contributed by atoms with Gasteiger partial charge in [0.05, 0.1) is 21.3 Å². The van der Waals surface area contributed by atoms with Gasteiger partial charge in [0.2, 0.25) is 53.5 Å². The number of hydrogen-bond donors (Lipinski definition) is 6. The molecule has 3 aromatic rings. The molecule has 1 atom stereocenters. The van der Waals surface area contributed by atoms with Gasteiger partial charge in [-0.25, -0.2) is 0 Å². The van der Waals surface area contributed by atoms with Crippen LogP contribution in [0.25, 0.3) is 0 Å². The van der Waals surface area contributed by atoms with E-state index in [-0.39, 0.29) is 127 Å². The maximum atomic E-state index is 6.67. The first-order chi connectivity index (χ1) is 61.3. The van der Waals surface area contributed by atoms with Crippen LogP contribution in [0.4, 0.5) is 53.5 Å². The summed E-state index contributed by atoms with van der Waals surface area (Å²) in [6.45, 7) is 86.1. The Hall–Kier alpha value is -5.25. The lowest BCUT2D eigenvalue weighted by Gasteiger charge is -2.56. The van der Waals surface area contributed by atoms with Gasteiger partial charge in [-0.05, 0) is 384 Å². The topological polar surface area (TPSA) is 255 Å². The molecule has 0 amide bonds. The van der Waals surface area contributed by atoms with Crippen molar-refractivity contribution >= 4 is 53.5 Å². The average molecular weight is 1890 g/mol. The Labute approximate surface area is 820 Å². The lowest BCUT2D eigenvalue weighted by Crippen LogP contribution is -2.65. The second-order valence-corrected chi connectivity index (χ2v) is 56.0. The Morgan fingerprint density at radius 1 is 0.230 bits per heavy atom. The fraction of sp³-hybridized carbons (Fsp3) is 0.914. The average Bonchev–Trinajstić information content (AvgIpc) is 0.751. The zero-order valence-electron chi connectivity index (χ0n) is 94.2. The van der Waals surface area contributed by atoms with Crippen molar-refractivity contribution in [2.24, 2.45) is 0 Å². The molecule has 1 unspecified atom stereocenters. The van der Waals surface area contributed by atoms with E-state index < -0.39 is 33.2 Å². The lowest BCUT2D eigenvalue weighted by atomic mass is 9.77. The van der Waals surface area contributed by atoms with Crippen LogP contribution in [0, 0.1) is 0 Å². The minimum Gasteiger partial charge on any atom is -0.341 e. The predicted octanol–water partition coefficient (Wildman–Crippen LogP) is 16.8. The van der Waals surface area contributed by atoms with E-state index in [2.05, 4.69) is 383 Å². The summed E-state index contributed by atoms with van der Waals surface area (Å²) in [5.74, 6) is 6.22. The summed E-state index contributed by atoms with van der Waals surface area (Å²) in [6.07, 6.45) is 17.6. The molecule has 6 N–H and O–H groups in total. The first kappa shape index (κ1) is 109. The zero-order chi connectivity index (χ0) is 101. The summed E-state index contributed by atoms with van der Waals surface area (Å²) < 4.78 is 0. The number of rotatable bonds is 29. The van der Waals surface area contributed by atoms with Crippen molar-refractivity contribution in [3.63, 3.8) is 0 Å². The number of anilines is 9. The van der Waals surface area contributed by atoms with E-state index in [4.69, 9.17) is 59.4 Å². The second-order valence-electron chi connectivity index (χ2n) is 56.0. The van der Waals surface area contributed by atoms with Gasteiger partial charge in [0, 0.05) is 215 Å². The van der Waals surface area contributed by atoms with Crippen LogP contribution in [-0.4, -0.2) is 297 Å². The highest BCUT2D eigenvalue weighted by Gasteiger charge is 2.56. The molecule has 30 heteroatoms. The monoisotopic (exact) mass is 1880 g/mol. The van der Waals surface area contributed by atoms with Gasteiger partial charge < -0.3 is 90.5 Å². The predicted molar refractivity (Wildman–Crippen MR) is 561 cm³/mol. The molecule has 770 valence electrons. The summed E-state index contributed by atoms with van der Waals surface area (Å²) in [7, 11) is 19.1. The van der Waals surface area contributed by atoms with E-state index in [0.29, 0.717) is 73.0 Å². The van der Waals surface area contributed by atoms with Crippen LogP contribution in [0.5, 0.6) is 0 Å². The van der Waals surface area contributed by atoms with Gasteiger partial charge in [0.15, 0.2) is 0 Å². The highest BCUT2D eigenvalue weighted by atomic mass is 16.7. The molecule has 9 aliphatic heterocycles. The van der Waals surface area contributed by atoms with Crippen molar-refractivity contribution in [2.75, 3.05) is 121 Å². The molecule has 0 saturated carbocycles. The number of aromatic nitrogens is 9. The quantitative estimate of drug-likeness (QED) is 0.0378. The third-order valence-electron chi connectivity index (χ3n) is 32.3. The Morgan fingerprint density at radius 3 is 0.593 bits per heavy atom. The van der Waals surface area contributed by atoms with Gasteiger partial charge in [-0.1, -0.05) is 0 Å². The van der Waals surface area contributed by atoms with Crippen molar-refractivity contribution < 1.29 is 14.5 Å². The van der Waals surface area contributed by atoms with Gasteiger partial charge in [-0.2, -0.15) is 60.0 Å². The summed E-state index contributed by atoms with van der Waals surface area (Å²) in [5, 5.41) is 30.9. The normalized spacial score (nSPS) is 26.9. The number of nitrogens with one attached hydrogen (secondary N) is 6. The molecule has 9 fully saturated rings. The number of hydrogen-bond acceptors (Lipinski definition) is 30. The van der Waals surface area contributed by atoms with Crippen molar-refractivity contribution in [1.82, 2.24) is 91.9 Å². The highest BCUT2D eigenvalue weighted by Crippen LogP contribution is 2.50. The molecule has 0 bridgehead atoms. The fourth-order valence-corrected chi connectivity index (χ4v) is 30.1. The molecule has 12 rings (SSSR count). The Morgan fingerprint density at radius 2 is 0.400 bits per heavy atom. The highest BCUT2D eigenvalue weighted by molar-refractivity contribution is 5.53. The maximum absolute atomic E-state index is 6.67. The molecule has 12 heterocycles. The van der Waals surface area contributed by atoms with Crippen LogP contribution in [0.2, 0.25) is 0 Å². The van der Waals surface area contributed by atoms with Crippen molar-refractivity contribution in [3.05, 3.63) is 0 Å². The second kappa shape index (κ2) is 37.5. The van der Waals surface area contributed by atoms with Crippen LogP contribution in [-0.2, 0) is 14.5 Å². The Bertz CT molecular complexity index is 4210. The minimum absolute atomic E-state index is 0.0366. The largest absolute Gasteiger partial charge is 0.341 e. The summed E-state index contributed by atoms with van der Waals surface area (Å²) in [6, 6.07) is 0.201. The first-order valence-corrected chi connectivity index (χ1v) is 52.1. The van der Waals surface area contributed by atoms with E-state index in [1.54, 1.807) is 0 Å². The molecule has 30 nitrogen and oxygen atoms in total. The summed E-state index contributed by atoms with van der Waals surface area (Å²) in [5.41, 5.74) is -4.47. The van der Waals surface area contributed by atoms with Gasteiger partial charge >= 0.3 is 0 Å². The molecule has 0 spiro atoms.